The van der Waals surface area contributed by atoms with Gasteiger partial charge in [-0.25, -0.2) is 4.79 Å². The molecule has 0 bridgehead atoms. The van der Waals surface area contributed by atoms with E-state index < -0.39 is 30.0 Å². The third-order valence-electron chi connectivity index (χ3n) is 3.31. The van der Waals surface area contributed by atoms with Gasteiger partial charge in [0, 0.05) is 12.1 Å². The van der Waals surface area contributed by atoms with Gasteiger partial charge in [-0.2, -0.15) is 0 Å². The van der Waals surface area contributed by atoms with Gasteiger partial charge in [0.1, 0.15) is 11.4 Å². The number of aryl methyl sites for hydroxylation is 1. The third kappa shape index (κ3) is 5.98. The first-order chi connectivity index (χ1) is 13.2. The van der Waals surface area contributed by atoms with Gasteiger partial charge in [-0.15, -0.1) is 0 Å². The monoisotopic (exact) mass is 446 g/mol. The lowest BCUT2D eigenvalue weighted by atomic mass is 10.2. The van der Waals surface area contributed by atoms with Gasteiger partial charge in [-0.3, -0.25) is 14.9 Å². The van der Waals surface area contributed by atoms with E-state index in [9.17, 15) is 19.7 Å². The summed E-state index contributed by atoms with van der Waals surface area (Å²) in [4.78, 5) is 34.0. The number of hydrogen-bond donors (Lipinski definition) is 1. The highest BCUT2D eigenvalue weighted by Crippen LogP contribution is 2.33. The highest BCUT2D eigenvalue weighted by Gasteiger charge is 2.17. The maximum atomic E-state index is 11.9. The number of halogens is 3. The summed E-state index contributed by atoms with van der Waals surface area (Å²) in [5.41, 5.74) is 0.391. The molecular formula is C17H13Cl3N2O6. The van der Waals surface area contributed by atoms with Crippen LogP contribution in [0.1, 0.15) is 5.56 Å². The molecule has 0 atom stereocenters. The summed E-state index contributed by atoms with van der Waals surface area (Å²) in [6, 6.07) is 7.00. The van der Waals surface area contributed by atoms with Crippen LogP contribution in [-0.2, 0) is 14.3 Å². The van der Waals surface area contributed by atoms with Crippen LogP contribution in [0.2, 0.25) is 15.1 Å². The molecule has 0 saturated heterocycles. The Morgan fingerprint density at radius 1 is 1.07 bits per heavy atom. The molecule has 0 heterocycles. The fourth-order valence-corrected chi connectivity index (χ4v) is 2.62. The quantitative estimate of drug-likeness (QED) is 0.291. The van der Waals surface area contributed by atoms with Gasteiger partial charge in [-0.1, -0.05) is 40.9 Å². The zero-order valence-electron chi connectivity index (χ0n) is 14.3. The van der Waals surface area contributed by atoms with Crippen LogP contribution in [-0.4, -0.2) is 30.0 Å². The standard InChI is InChI=1S/C17H13Cl3N2O6/c1-9-2-3-13(14(4-9)22(25)26)21-16(23)7-28-17(24)8-27-15-6-11(19)10(18)5-12(15)20/h2-6H,7-8H2,1H3,(H,21,23). The van der Waals surface area contributed by atoms with Gasteiger partial charge in [0.05, 0.1) is 20.0 Å². The van der Waals surface area contributed by atoms with Gasteiger partial charge >= 0.3 is 5.97 Å². The van der Waals surface area contributed by atoms with Crippen molar-refractivity contribution in [1.29, 1.82) is 0 Å². The molecule has 0 saturated carbocycles. The fourth-order valence-electron chi connectivity index (χ4n) is 2.02. The van der Waals surface area contributed by atoms with E-state index >= 15 is 0 Å². The molecule has 1 N–H and O–H groups in total. The van der Waals surface area contributed by atoms with Crippen molar-refractivity contribution >= 4 is 58.1 Å². The van der Waals surface area contributed by atoms with E-state index in [0.29, 0.717) is 5.56 Å². The van der Waals surface area contributed by atoms with Crippen LogP contribution in [0.5, 0.6) is 5.75 Å². The number of carbonyl (C=O) groups is 2. The number of rotatable bonds is 7. The van der Waals surface area contributed by atoms with Crippen molar-refractivity contribution in [3.8, 4) is 5.75 Å². The number of amides is 1. The SMILES string of the molecule is Cc1ccc(NC(=O)COC(=O)COc2cc(Cl)c(Cl)cc2Cl)c([N+](=O)[O-])c1. The Balaban J connectivity index is 1.87. The second-order valence-electron chi connectivity index (χ2n) is 5.47. The molecule has 0 aliphatic heterocycles. The number of esters is 1. The van der Waals surface area contributed by atoms with Crippen LogP contribution in [0, 0.1) is 17.0 Å². The summed E-state index contributed by atoms with van der Waals surface area (Å²) < 4.78 is 9.95. The highest BCUT2D eigenvalue weighted by molar-refractivity contribution is 6.43. The predicted octanol–water partition coefficient (Wildman–Crippen LogP) is 4.42. The fraction of sp³-hybridized carbons (Fsp3) is 0.176. The van der Waals surface area contributed by atoms with Crippen LogP contribution in [0.25, 0.3) is 0 Å². The Morgan fingerprint density at radius 2 is 1.75 bits per heavy atom. The lowest BCUT2D eigenvalue weighted by Crippen LogP contribution is -2.24. The molecule has 2 rings (SSSR count). The van der Waals surface area contributed by atoms with Crippen molar-refractivity contribution in [2.75, 3.05) is 18.5 Å². The van der Waals surface area contributed by atoms with E-state index in [2.05, 4.69) is 5.32 Å². The smallest absolute Gasteiger partial charge is 0.344 e. The van der Waals surface area contributed by atoms with Crippen molar-refractivity contribution in [2.45, 2.75) is 6.92 Å². The summed E-state index contributed by atoms with van der Waals surface area (Å²) >= 11 is 17.5. The number of hydrogen-bond acceptors (Lipinski definition) is 6. The number of anilines is 1. The van der Waals surface area contributed by atoms with Gasteiger partial charge in [0.15, 0.2) is 13.2 Å². The molecule has 28 heavy (non-hydrogen) atoms. The molecule has 0 aliphatic rings. The first-order valence-electron chi connectivity index (χ1n) is 7.65. The van der Waals surface area contributed by atoms with Crippen molar-refractivity contribution in [2.24, 2.45) is 0 Å². The molecule has 1 amide bonds. The van der Waals surface area contributed by atoms with Crippen molar-refractivity contribution in [1.82, 2.24) is 0 Å². The van der Waals surface area contributed by atoms with Crippen LogP contribution in [0.3, 0.4) is 0 Å². The molecule has 0 aliphatic carbocycles. The molecule has 2 aromatic rings. The zero-order valence-corrected chi connectivity index (χ0v) is 16.6. The number of ether oxygens (including phenoxy) is 2. The normalized spacial score (nSPS) is 10.3. The maximum Gasteiger partial charge on any atom is 0.344 e. The Morgan fingerprint density at radius 3 is 2.43 bits per heavy atom. The molecule has 11 heteroatoms. The maximum absolute atomic E-state index is 11.9. The first-order valence-corrected chi connectivity index (χ1v) is 8.78. The Labute approximate surface area is 174 Å². The van der Waals surface area contributed by atoms with Gasteiger partial charge in [-0.05, 0) is 24.6 Å². The van der Waals surface area contributed by atoms with E-state index in [0.717, 1.165) is 0 Å². The van der Waals surface area contributed by atoms with Crippen LogP contribution in [0.15, 0.2) is 30.3 Å². The van der Waals surface area contributed by atoms with Crippen molar-refractivity contribution in [3.05, 3.63) is 61.1 Å². The molecule has 0 radical (unpaired) electrons. The van der Waals surface area contributed by atoms with E-state index in [1.165, 1.54) is 24.3 Å². The zero-order chi connectivity index (χ0) is 20.8. The topological polar surface area (TPSA) is 108 Å². The van der Waals surface area contributed by atoms with Gasteiger partial charge in [0.25, 0.3) is 11.6 Å². The molecule has 0 aromatic heterocycles. The minimum atomic E-state index is -0.851. The number of carbonyl (C=O) groups excluding carboxylic acids is 2. The summed E-state index contributed by atoms with van der Waals surface area (Å²) in [7, 11) is 0. The molecule has 148 valence electrons. The lowest BCUT2D eigenvalue weighted by Gasteiger charge is -2.10. The minimum absolute atomic E-state index is 0.00418. The lowest BCUT2D eigenvalue weighted by molar-refractivity contribution is -0.384. The van der Waals surface area contributed by atoms with Crippen LogP contribution < -0.4 is 10.1 Å². The van der Waals surface area contributed by atoms with Crippen molar-refractivity contribution < 1.29 is 24.0 Å². The number of nitro groups is 1. The second-order valence-corrected chi connectivity index (χ2v) is 6.69. The molecule has 8 nitrogen and oxygen atoms in total. The largest absolute Gasteiger partial charge is 0.480 e. The minimum Gasteiger partial charge on any atom is -0.480 e. The Hall–Kier alpha value is -2.55. The summed E-state index contributed by atoms with van der Waals surface area (Å²) in [5.74, 6) is -1.48. The van der Waals surface area contributed by atoms with E-state index in [-0.39, 0.29) is 32.2 Å². The number of nitrogens with one attached hydrogen (secondary N) is 1. The number of benzene rings is 2. The molecule has 0 unspecified atom stereocenters. The molecule has 0 fully saturated rings. The average molecular weight is 448 g/mol. The second kappa shape index (κ2) is 9.59. The third-order valence-corrected chi connectivity index (χ3v) is 4.33. The van der Waals surface area contributed by atoms with Crippen LogP contribution >= 0.6 is 34.8 Å². The van der Waals surface area contributed by atoms with Gasteiger partial charge in [0.2, 0.25) is 0 Å². The van der Waals surface area contributed by atoms with E-state index in [1.54, 1.807) is 13.0 Å². The molecular weight excluding hydrogens is 435 g/mol. The van der Waals surface area contributed by atoms with Crippen molar-refractivity contribution in [3.63, 3.8) is 0 Å². The summed E-state index contributed by atoms with van der Waals surface area (Å²) in [5, 5.41) is 13.9. The Bertz CT molecular complexity index is 935. The number of nitrogens with zero attached hydrogens (tertiary/aromatic N) is 1. The van der Waals surface area contributed by atoms with E-state index in [1.807, 2.05) is 0 Å². The average Bonchev–Trinajstić information content (AvgIpc) is 2.63. The predicted molar refractivity (Wildman–Crippen MR) is 104 cm³/mol. The molecule has 2 aromatic carbocycles. The van der Waals surface area contributed by atoms with Crippen LogP contribution in [0.4, 0.5) is 11.4 Å². The first kappa shape index (κ1) is 21.7. The summed E-state index contributed by atoms with van der Waals surface area (Å²) in [6.07, 6.45) is 0. The highest BCUT2D eigenvalue weighted by atomic mass is 35.5. The molecule has 0 spiro atoms. The number of nitro benzene ring substituents is 1. The van der Waals surface area contributed by atoms with Gasteiger partial charge < -0.3 is 14.8 Å². The summed E-state index contributed by atoms with van der Waals surface area (Å²) in [6.45, 7) is 0.498. The van der Waals surface area contributed by atoms with E-state index in [4.69, 9.17) is 44.3 Å². The Kier molecular flexibility index (Phi) is 7.45.